The molecule has 0 amide bonds. The van der Waals surface area contributed by atoms with Gasteiger partial charge in [0.25, 0.3) is 0 Å². The molecule has 0 aliphatic rings. The summed E-state index contributed by atoms with van der Waals surface area (Å²) < 4.78 is 1.08. The SMILES string of the molecule is Brc1ccc(CCNc2nccc(Nc3ccncn3)n2)cc1. The molecule has 0 bridgehead atoms. The Kier molecular flexibility index (Phi) is 5.10. The molecule has 0 saturated heterocycles. The van der Waals surface area contributed by atoms with Crippen LogP contribution in [0.2, 0.25) is 0 Å². The van der Waals surface area contributed by atoms with Crippen LogP contribution in [0.5, 0.6) is 0 Å². The van der Waals surface area contributed by atoms with Crippen LogP contribution in [0.4, 0.5) is 17.6 Å². The Bertz CT molecular complexity index is 748. The number of nitrogens with one attached hydrogen (secondary N) is 2. The first-order chi connectivity index (χ1) is 11.3. The molecule has 2 heterocycles. The lowest BCUT2D eigenvalue weighted by atomic mass is 10.1. The van der Waals surface area contributed by atoms with Gasteiger partial charge >= 0.3 is 0 Å². The summed E-state index contributed by atoms with van der Waals surface area (Å²) in [6.07, 6.45) is 5.77. The Morgan fingerprint density at radius 3 is 2.52 bits per heavy atom. The number of hydrogen-bond acceptors (Lipinski definition) is 6. The molecular weight excluding hydrogens is 356 g/mol. The topological polar surface area (TPSA) is 75.6 Å². The standard InChI is InChI=1S/C16H15BrN6/c17-13-3-1-12(2-4-13)5-9-19-16-20-10-7-15(23-16)22-14-6-8-18-11-21-14/h1-4,6-8,10-11H,5,9H2,(H2,18,19,20,21,22,23). The summed E-state index contributed by atoms with van der Waals surface area (Å²) >= 11 is 3.43. The van der Waals surface area contributed by atoms with Gasteiger partial charge in [-0.05, 0) is 36.2 Å². The monoisotopic (exact) mass is 370 g/mol. The molecule has 2 N–H and O–H groups in total. The first kappa shape index (κ1) is 15.4. The second-order valence-corrected chi connectivity index (χ2v) is 5.70. The van der Waals surface area contributed by atoms with E-state index in [1.54, 1.807) is 24.5 Å². The fourth-order valence-electron chi connectivity index (χ4n) is 1.98. The van der Waals surface area contributed by atoms with E-state index in [9.17, 15) is 0 Å². The molecule has 0 unspecified atom stereocenters. The summed E-state index contributed by atoms with van der Waals surface area (Å²) in [5.74, 6) is 1.96. The number of halogens is 1. The second-order valence-electron chi connectivity index (χ2n) is 4.79. The molecule has 0 saturated carbocycles. The van der Waals surface area contributed by atoms with Crippen LogP contribution in [0.1, 0.15) is 5.56 Å². The molecular formula is C16H15BrN6. The Labute approximate surface area is 142 Å². The number of hydrogen-bond donors (Lipinski definition) is 2. The van der Waals surface area contributed by atoms with E-state index >= 15 is 0 Å². The Morgan fingerprint density at radius 1 is 0.913 bits per heavy atom. The molecule has 7 heteroatoms. The molecule has 2 aromatic heterocycles. The van der Waals surface area contributed by atoms with E-state index in [0.29, 0.717) is 17.6 Å². The summed E-state index contributed by atoms with van der Waals surface area (Å²) in [5.41, 5.74) is 1.26. The molecule has 0 aliphatic heterocycles. The predicted octanol–water partition coefficient (Wildman–Crippen LogP) is 3.43. The zero-order valence-electron chi connectivity index (χ0n) is 12.3. The van der Waals surface area contributed by atoms with Crippen LogP contribution in [-0.4, -0.2) is 26.5 Å². The average molecular weight is 371 g/mol. The molecule has 0 atom stereocenters. The van der Waals surface area contributed by atoms with Crippen LogP contribution in [-0.2, 0) is 6.42 Å². The largest absolute Gasteiger partial charge is 0.354 e. The van der Waals surface area contributed by atoms with Crippen molar-refractivity contribution in [3.63, 3.8) is 0 Å². The molecule has 0 spiro atoms. The number of anilines is 3. The van der Waals surface area contributed by atoms with Gasteiger partial charge in [-0.25, -0.2) is 15.0 Å². The smallest absolute Gasteiger partial charge is 0.224 e. The van der Waals surface area contributed by atoms with Gasteiger partial charge in [-0.15, -0.1) is 0 Å². The molecule has 0 fully saturated rings. The highest BCUT2D eigenvalue weighted by molar-refractivity contribution is 9.10. The first-order valence-corrected chi connectivity index (χ1v) is 7.93. The van der Waals surface area contributed by atoms with Crippen LogP contribution in [0.25, 0.3) is 0 Å². The van der Waals surface area contributed by atoms with Gasteiger partial charge in [-0.1, -0.05) is 28.1 Å². The van der Waals surface area contributed by atoms with Crippen molar-refractivity contribution < 1.29 is 0 Å². The van der Waals surface area contributed by atoms with E-state index in [2.05, 4.69) is 58.6 Å². The van der Waals surface area contributed by atoms with E-state index < -0.39 is 0 Å². The summed E-state index contributed by atoms with van der Waals surface area (Å²) in [7, 11) is 0. The molecule has 23 heavy (non-hydrogen) atoms. The van der Waals surface area contributed by atoms with Crippen molar-refractivity contribution in [2.75, 3.05) is 17.2 Å². The van der Waals surface area contributed by atoms with Gasteiger partial charge in [0, 0.05) is 23.4 Å². The second kappa shape index (κ2) is 7.64. The van der Waals surface area contributed by atoms with Crippen LogP contribution >= 0.6 is 15.9 Å². The molecule has 116 valence electrons. The Balaban J connectivity index is 1.56. The van der Waals surface area contributed by atoms with E-state index in [1.807, 2.05) is 12.1 Å². The van der Waals surface area contributed by atoms with Crippen LogP contribution < -0.4 is 10.6 Å². The molecule has 3 rings (SSSR count). The van der Waals surface area contributed by atoms with Crippen molar-refractivity contribution in [2.24, 2.45) is 0 Å². The van der Waals surface area contributed by atoms with Gasteiger partial charge in [0.1, 0.15) is 18.0 Å². The van der Waals surface area contributed by atoms with Crippen LogP contribution in [0.15, 0.2) is 59.6 Å². The van der Waals surface area contributed by atoms with Crippen molar-refractivity contribution in [1.82, 2.24) is 19.9 Å². The van der Waals surface area contributed by atoms with Crippen molar-refractivity contribution in [3.8, 4) is 0 Å². The third-order valence-corrected chi connectivity index (χ3v) is 3.63. The number of aromatic nitrogens is 4. The fraction of sp³-hybridized carbons (Fsp3) is 0.125. The maximum atomic E-state index is 4.41. The summed E-state index contributed by atoms with van der Waals surface area (Å²) in [6.45, 7) is 0.762. The van der Waals surface area contributed by atoms with Gasteiger partial charge in [-0.3, -0.25) is 0 Å². The molecule has 0 aliphatic carbocycles. The molecule has 3 aromatic rings. The highest BCUT2D eigenvalue weighted by atomic mass is 79.9. The van der Waals surface area contributed by atoms with Gasteiger partial charge in [0.05, 0.1) is 0 Å². The Hall–Kier alpha value is -2.54. The predicted molar refractivity (Wildman–Crippen MR) is 93.7 cm³/mol. The van der Waals surface area contributed by atoms with E-state index in [4.69, 9.17) is 0 Å². The minimum atomic E-state index is 0.584. The highest BCUT2D eigenvalue weighted by Crippen LogP contribution is 2.13. The molecule has 1 aromatic carbocycles. The normalized spacial score (nSPS) is 10.3. The third kappa shape index (κ3) is 4.72. The van der Waals surface area contributed by atoms with Crippen LogP contribution in [0.3, 0.4) is 0 Å². The lowest BCUT2D eigenvalue weighted by molar-refractivity contribution is 0.984. The minimum absolute atomic E-state index is 0.584. The summed E-state index contributed by atoms with van der Waals surface area (Å²) in [4.78, 5) is 16.6. The van der Waals surface area contributed by atoms with Crippen molar-refractivity contribution in [3.05, 3.63) is 65.2 Å². The fourth-order valence-corrected chi connectivity index (χ4v) is 2.24. The van der Waals surface area contributed by atoms with E-state index in [0.717, 1.165) is 17.4 Å². The lowest BCUT2D eigenvalue weighted by Gasteiger charge is -2.08. The van der Waals surface area contributed by atoms with E-state index in [1.165, 1.54) is 11.9 Å². The average Bonchev–Trinajstić information content (AvgIpc) is 2.58. The van der Waals surface area contributed by atoms with E-state index in [-0.39, 0.29) is 0 Å². The zero-order chi connectivity index (χ0) is 15.9. The molecule has 0 radical (unpaired) electrons. The lowest BCUT2D eigenvalue weighted by Crippen LogP contribution is -2.08. The third-order valence-electron chi connectivity index (χ3n) is 3.10. The maximum absolute atomic E-state index is 4.41. The summed E-state index contributed by atoms with van der Waals surface area (Å²) in [5, 5.41) is 6.34. The van der Waals surface area contributed by atoms with Gasteiger partial charge in [-0.2, -0.15) is 4.98 Å². The number of benzene rings is 1. The number of rotatable bonds is 6. The van der Waals surface area contributed by atoms with Crippen molar-refractivity contribution >= 4 is 33.5 Å². The van der Waals surface area contributed by atoms with Gasteiger partial charge in [0.15, 0.2) is 0 Å². The summed E-state index contributed by atoms with van der Waals surface area (Å²) in [6, 6.07) is 11.8. The maximum Gasteiger partial charge on any atom is 0.224 e. The zero-order valence-corrected chi connectivity index (χ0v) is 13.9. The van der Waals surface area contributed by atoms with Gasteiger partial charge < -0.3 is 10.6 Å². The Morgan fingerprint density at radius 2 is 1.74 bits per heavy atom. The first-order valence-electron chi connectivity index (χ1n) is 7.14. The van der Waals surface area contributed by atoms with Crippen LogP contribution in [0, 0.1) is 0 Å². The van der Waals surface area contributed by atoms with Gasteiger partial charge in [0.2, 0.25) is 5.95 Å². The van der Waals surface area contributed by atoms with Crippen molar-refractivity contribution in [2.45, 2.75) is 6.42 Å². The minimum Gasteiger partial charge on any atom is -0.354 e. The highest BCUT2D eigenvalue weighted by Gasteiger charge is 2.01. The molecule has 6 nitrogen and oxygen atoms in total. The van der Waals surface area contributed by atoms with Crippen molar-refractivity contribution in [1.29, 1.82) is 0 Å². The quantitative estimate of drug-likeness (QED) is 0.692. The number of nitrogens with zero attached hydrogens (tertiary/aromatic N) is 4.